The molecule has 0 aromatic heterocycles. The van der Waals surface area contributed by atoms with E-state index in [-0.39, 0.29) is 25.4 Å². The molecule has 0 heterocycles. The summed E-state index contributed by atoms with van der Waals surface area (Å²) in [6.45, 7) is 9.74. The fraction of sp³-hybridized carbons (Fsp3) is 0.417. The molecular formula is C24H33NO4S. The van der Waals surface area contributed by atoms with Crippen molar-refractivity contribution in [1.82, 2.24) is 4.31 Å². The average Bonchev–Trinajstić information content (AvgIpc) is 2.69. The SMILES string of the molecule is C=CC[C@@H](O)[C@H](C(C)C)S(=O)(=O)N(Cc1ccc(C)cc1)Cc1ccc(OC)cc1. The molecule has 2 aromatic carbocycles. The fourth-order valence-electron chi connectivity index (χ4n) is 3.53. The van der Waals surface area contributed by atoms with Gasteiger partial charge in [-0.2, -0.15) is 4.31 Å². The minimum Gasteiger partial charge on any atom is -0.497 e. The molecule has 0 radical (unpaired) electrons. The first-order valence-electron chi connectivity index (χ1n) is 10.2. The van der Waals surface area contributed by atoms with Crippen molar-refractivity contribution in [3.8, 4) is 5.75 Å². The van der Waals surface area contributed by atoms with E-state index < -0.39 is 21.4 Å². The highest BCUT2D eigenvalue weighted by atomic mass is 32.2. The van der Waals surface area contributed by atoms with E-state index in [1.165, 1.54) is 4.31 Å². The normalized spacial score (nSPS) is 14.0. The summed E-state index contributed by atoms with van der Waals surface area (Å²) in [5.41, 5.74) is 2.87. The predicted molar refractivity (Wildman–Crippen MR) is 122 cm³/mol. The van der Waals surface area contributed by atoms with E-state index in [0.29, 0.717) is 5.75 Å². The zero-order valence-corrected chi connectivity index (χ0v) is 19.1. The van der Waals surface area contributed by atoms with Crippen molar-refractivity contribution in [2.45, 2.75) is 51.6 Å². The largest absolute Gasteiger partial charge is 0.497 e. The molecule has 0 aliphatic rings. The smallest absolute Gasteiger partial charge is 0.220 e. The van der Waals surface area contributed by atoms with E-state index in [1.807, 2.05) is 69.3 Å². The van der Waals surface area contributed by atoms with Crippen molar-refractivity contribution in [2.75, 3.05) is 7.11 Å². The number of rotatable bonds is 11. The summed E-state index contributed by atoms with van der Waals surface area (Å²) in [5.74, 6) is 0.467. The lowest BCUT2D eigenvalue weighted by molar-refractivity contribution is 0.151. The topological polar surface area (TPSA) is 66.8 Å². The number of aliphatic hydroxyl groups excluding tert-OH is 1. The maximum atomic E-state index is 13.7. The Bertz CT molecular complexity index is 905. The molecule has 0 spiro atoms. The molecule has 30 heavy (non-hydrogen) atoms. The van der Waals surface area contributed by atoms with Crippen LogP contribution in [-0.2, 0) is 23.1 Å². The van der Waals surface area contributed by atoms with Crippen LogP contribution in [-0.4, -0.2) is 36.3 Å². The Morgan fingerprint density at radius 2 is 1.53 bits per heavy atom. The molecule has 6 heteroatoms. The van der Waals surface area contributed by atoms with Crippen molar-refractivity contribution in [2.24, 2.45) is 5.92 Å². The fourth-order valence-corrected chi connectivity index (χ4v) is 5.73. The number of aliphatic hydroxyl groups is 1. The lowest BCUT2D eigenvalue weighted by Crippen LogP contribution is -2.46. The van der Waals surface area contributed by atoms with Gasteiger partial charge >= 0.3 is 0 Å². The Kier molecular flexibility index (Phi) is 8.65. The van der Waals surface area contributed by atoms with Crippen LogP contribution < -0.4 is 4.74 Å². The van der Waals surface area contributed by atoms with Gasteiger partial charge in [-0.05, 0) is 42.5 Å². The first kappa shape index (κ1) is 24.1. The van der Waals surface area contributed by atoms with Crippen LogP contribution in [0.25, 0.3) is 0 Å². The standard InChI is InChI=1S/C24H33NO4S/c1-6-7-23(26)24(18(2)3)30(27,28)25(16-20-10-8-19(4)9-11-20)17-21-12-14-22(29-5)15-13-21/h6,8-15,18,23-24,26H,1,7,16-17H2,2-5H3/t23-,24+/m1/s1. The number of methoxy groups -OCH3 is 1. The Morgan fingerprint density at radius 1 is 1.03 bits per heavy atom. The second-order valence-electron chi connectivity index (χ2n) is 7.95. The molecule has 0 bridgehead atoms. The lowest BCUT2D eigenvalue weighted by Gasteiger charge is -2.32. The van der Waals surface area contributed by atoms with Crippen molar-refractivity contribution in [3.63, 3.8) is 0 Å². The first-order valence-corrected chi connectivity index (χ1v) is 11.7. The van der Waals surface area contributed by atoms with Gasteiger partial charge < -0.3 is 9.84 Å². The molecule has 164 valence electrons. The van der Waals surface area contributed by atoms with E-state index in [4.69, 9.17) is 4.74 Å². The number of ether oxygens (including phenoxy) is 1. The monoisotopic (exact) mass is 431 g/mol. The van der Waals surface area contributed by atoms with Gasteiger partial charge in [-0.25, -0.2) is 8.42 Å². The van der Waals surface area contributed by atoms with Crippen LogP contribution in [0.1, 0.15) is 37.0 Å². The van der Waals surface area contributed by atoms with Crippen LogP contribution in [0.15, 0.2) is 61.2 Å². The van der Waals surface area contributed by atoms with Gasteiger partial charge in [0.2, 0.25) is 10.0 Å². The van der Waals surface area contributed by atoms with Gasteiger partial charge in [0.05, 0.1) is 13.2 Å². The molecule has 0 aliphatic carbocycles. The molecule has 1 N–H and O–H groups in total. The summed E-state index contributed by atoms with van der Waals surface area (Å²) < 4.78 is 34.1. The number of benzene rings is 2. The molecule has 2 rings (SSSR count). The highest BCUT2D eigenvalue weighted by Crippen LogP contribution is 2.26. The van der Waals surface area contributed by atoms with Crippen LogP contribution in [0.4, 0.5) is 0 Å². The molecule has 0 saturated heterocycles. The first-order chi connectivity index (χ1) is 14.2. The van der Waals surface area contributed by atoms with Crippen molar-refractivity contribution < 1.29 is 18.3 Å². The van der Waals surface area contributed by atoms with Crippen LogP contribution in [0.2, 0.25) is 0 Å². The molecular weight excluding hydrogens is 398 g/mol. The Hall–Kier alpha value is -2.15. The minimum absolute atomic E-state index is 0.213. The third kappa shape index (κ3) is 6.17. The number of hydrogen-bond acceptors (Lipinski definition) is 4. The lowest BCUT2D eigenvalue weighted by atomic mass is 10.0. The summed E-state index contributed by atoms with van der Waals surface area (Å²) >= 11 is 0. The van der Waals surface area contributed by atoms with Gasteiger partial charge in [0.15, 0.2) is 0 Å². The van der Waals surface area contributed by atoms with E-state index >= 15 is 0 Å². The highest BCUT2D eigenvalue weighted by molar-refractivity contribution is 7.89. The maximum absolute atomic E-state index is 13.7. The van der Waals surface area contributed by atoms with Gasteiger partial charge in [-0.3, -0.25) is 0 Å². The molecule has 0 fully saturated rings. The Morgan fingerprint density at radius 3 is 1.97 bits per heavy atom. The Labute approximate surface area is 181 Å². The van der Waals surface area contributed by atoms with Gasteiger partial charge in [0.1, 0.15) is 11.0 Å². The van der Waals surface area contributed by atoms with Crippen molar-refractivity contribution >= 4 is 10.0 Å². The quantitative estimate of drug-likeness (QED) is 0.539. The van der Waals surface area contributed by atoms with Crippen LogP contribution in [0, 0.1) is 12.8 Å². The van der Waals surface area contributed by atoms with Crippen LogP contribution in [0.3, 0.4) is 0 Å². The molecule has 2 atom stereocenters. The zero-order chi connectivity index (χ0) is 22.3. The van der Waals surface area contributed by atoms with E-state index in [9.17, 15) is 13.5 Å². The number of sulfonamides is 1. The van der Waals surface area contributed by atoms with E-state index in [1.54, 1.807) is 13.2 Å². The molecule has 0 amide bonds. The number of nitrogens with zero attached hydrogens (tertiary/aromatic N) is 1. The van der Waals surface area contributed by atoms with Gasteiger partial charge in [-0.15, -0.1) is 6.58 Å². The second kappa shape index (κ2) is 10.8. The van der Waals surface area contributed by atoms with E-state index in [0.717, 1.165) is 16.7 Å². The third-order valence-electron chi connectivity index (χ3n) is 5.15. The number of aryl methyl sites for hydroxylation is 1. The summed E-state index contributed by atoms with van der Waals surface area (Å²) in [5, 5.41) is 9.69. The molecule has 0 aliphatic heterocycles. The zero-order valence-electron chi connectivity index (χ0n) is 18.3. The second-order valence-corrected chi connectivity index (χ2v) is 10.0. The predicted octanol–water partition coefficient (Wildman–Crippen LogP) is 4.30. The third-order valence-corrected chi connectivity index (χ3v) is 7.67. The summed E-state index contributed by atoms with van der Waals surface area (Å²) in [7, 11) is -2.21. The van der Waals surface area contributed by atoms with Crippen molar-refractivity contribution in [1.29, 1.82) is 0 Å². The summed E-state index contributed by atoms with van der Waals surface area (Å²) in [6, 6.07) is 15.2. The van der Waals surface area contributed by atoms with Crippen LogP contribution in [0.5, 0.6) is 5.75 Å². The molecule has 0 saturated carbocycles. The van der Waals surface area contributed by atoms with Gasteiger partial charge in [0, 0.05) is 13.1 Å². The summed E-state index contributed by atoms with van der Waals surface area (Å²) in [6.07, 6.45) is 0.774. The highest BCUT2D eigenvalue weighted by Gasteiger charge is 2.39. The van der Waals surface area contributed by atoms with E-state index in [2.05, 4.69) is 6.58 Å². The average molecular weight is 432 g/mol. The molecule has 0 unspecified atom stereocenters. The van der Waals surface area contributed by atoms with Gasteiger partial charge in [-0.1, -0.05) is 61.9 Å². The van der Waals surface area contributed by atoms with Gasteiger partial charge in [0.25, 0.3) is 0 Å². The molecule has 5 nitrogen and oxygen atoms in total. The minimum atomic E-state index is -3.80. The summed E-state index contributed by atoms with van der Waals surface area (Å²) in [4.78, 5) is 0. The van der Waals surface area contributed by atoms with Crippen molar-refractivity contribution in [3.05, 3.63) is 77.9 Å². The molecule has 2 aromatic rings. The number of hydrogen-bond donors (Lipinski definition) is 1. The Balaban J connectivity index is 2.42. The maximum Gasteiger partial charge on any atom is 0.220 e. The van der Waals surface area contributed by atoms with Crippen LogP contribution >= 0.6 is 0 Å².